The highest BCUT2D eigenvalue weighted by Crippen LogP contribution is 2.01. The Morgan fingerprint density at radius 3 is 2.42 bits per heavy atom. The summed E-state index contributed by atoms with van der Waals surface area (Å²) in [5.41, 5.74) is 1.39. The van der Waals surface area contributed by atoms with E-state index in [1.54, 1.807) is 0 Å². The first kappa shape index (κ1) is 9.27. The predicted octanol–water partition coefficient (Wildman–Crippen LogP) is 1.99. The average molecular weight is 162 g/mol. The van der Waals surface area contributed by atoms with Crippen LogP contribution in [0, 0.1) is 6.42 Å². The van der Waals surface area contributed by atoms with Gasteiger partial charge in [-0.1, -0.05) is 30.3 Å². The highest BCUT2D eigenvalue weighted by Gasteiger charge is 1.92. The second kappa shape index (κ2) is 4.94. The van der Waals surface area contributed by atoms with Crippen molar-refractivity contribution >= 4 is 0 Å². The van der Waals surface area contributed by atoms with Crippen LogP contribution in [-0.4, -0.2) is 25.5 Å². The van der Waals surface area contributed by atoms with Crippen LogP contribution in [0.2, 0.25) is 0 Å². The van der Waals surface area contributed by atoms with E-state index in [9.17, 15) is 0 Å². The van der Waals surface area contributed by atoms with E-state index in [0.29, 0.717) is 0 Å². The Morgan fingerprint density at radius 1 is 1.17 bits per heavy atom. The number of benzene rings is 1. The van der Waals surface area contributed by atoms with Crippen molar-refractivity contribution in [1.29, 1.82) is 0 Å². The molecule has 0 aromatic heterocycles. The van der Waals surface area contributed by atoms with Crippen LogP contribution in [-0.2, 0) is 6.42 Å². The van der Waals surface area contributed by atoms with Gasteiger partial charge in [-0.05, 0) is 32.5 Å². The molecule has 0 aliphatic rings. The molecule has 1 nitrogen and oxygen atoms in total. The van der Waals surface area contributed by atoms with Crippen molar-refractivity contribution in [3.8, 4) is 0 Å². The fourth-order valence-electron chi connectivity index (χ4n) is 1.10. The van der Waals surface area contributed by atoms with Crippen LogP contribution in [0.25, 0.3) is 0 Å². The molecule has 0 atom stereocenters. The summed E-state index contributed by atoms with van der Waals surface area (Å²) in [6, 6.07) is 10.5. The Hall–Kier alpha value is -0.820. The molecule has 1 heteroatoms. The summed E-state index contributed by atoms with van der Waals surface area (Å²) in [5, 5.41) is 0. The maximum Gasteiger partial charge on any atom is 0.000998 e. The van der Waals surface area contributed by atoms with E-state index in [1.807, 2.05) is 0 Å². The molecule has 1 aromatic carbocycles. The summed E-state index contributed by atoms with van der Waals surface area (Å²) in [7, 11) is 4.17. The van der Waals surface area contributed by atoms with Gasteiger partial charge in [0, 0.05) is 6.54 Å². The summed E-state index contributed by atoms with van der Waals surface area (Å²) in [6.07, 6.45) is 3.36. The maximum absolute atomic E-state index is 2.29. The summed E-state index contributed by atoms with van der Waals surface area (Å²) >= 11 is 0. The topological polar surface area (TPSA) is 3.24 Å². The second-order valence-corrected chi connectivity index (χ2v) is 3.24. The Morgan fingerprint density at radius 2 is 1.83 bits per heavy atom. The van der Waals surface area contributed by atoms with Crippen LogP contribution in [0.15, 0.2) is 30.3 Å². The molecule has 1 rings (SSSR count). The SMILES string of the molecule is CN(C)C[CH]Cc1ccccc1. The monoisotopic (exact) mass is 162 g/mol. The zero-order valence-electron chi connectivity index (χ0n) is 7.83. The molecule has 1 aromatic rings. The molecule has 0 saturated heterocycles. The van der Waals surface area contributed by atoms with E-state index < -0.39 is 0 Å². The lowest BCUT2D eigenvalue weighted by atomic mass is 10.1. The lowest BCUT2D eigenvalue weighted by molar-refractivity contribution is 0.439. The largest absolute Gasteiger partial charge is 0.309 e. The summed E-state index contributed by atoms with van der Waals surface area (Å²) in [5.74, 6) is 0. The smallest absolute Gasteiger partial charge is 0.000998 e. The fourth-order valence-corrected chi connectivity index (χ4v) is 1.10. The molecule has 0 aliphatic carbocycles. The van der Waals surface area contributed by atoms with Crippen molar-refractivity contribution < 1.29 is 0 Å². The minimum Gasteiger partial charge on any atom is -0.309 e. The molecular weight excluding hydrogens is 146 g/mol. The molecule has 0 N–H and O–H groups in total. The predicted molar refractivity (Wildman–Crippen MR) is 53.0 cm³/mol. The van der Waals surface area contributed by atoms with Gasteiger partial charge in [0.05, 0.1) is 0 Å². The van der Waals surface area contributed by atoms with Crippen LogP contribution < -0.4 is 0 Å². The first-order valence-corrected chi connectivity index (χ1v) is 4.29. The third kappa shape index (κ3) is 3.54. The van der Waals surface area contributed by atoms with Gasteiger partial charge in [-0.25, -0.2) is 0 Å². The molecular formula is C11H16N. The van der Waals surface area contributed by atoms with E-state index in [2.05, 4.69) is 55.7 Å². The molecule has 0 heterocycles. The van der Waals surface area contributed by atoms with Gasteiger partial charge in [-0.2, -0.15) is 0 Å². The Balaban J connectivity index is 2.25. The van der Waals surface area contributed by atoms with Gasteiger partial charge >= 0.3 is 0 Å². The number of hydrogen-bond acceptors (Lipinski definition) is 1. The van der Waals surface area contributed by atoms with Gasteiger partial charge in [0.1, 0.15) is 0 Å². The van der Waals surface area contributed by atoms with Crippen LogP contribution in [0.3, 0.4) is 0 Å². The third-order valence-corrected chi connectivity index (χ3v) is 1.72. The van der Waals surface area contributed by atoms with E-state index in [4.69, 9.17) is 0 Å². The summed E-state index contributed by atoms with van der Waals surface area (Å²) < 4.78 is 0. The lowest BCUT2D eigenvalue weighted by Gasteiger charge is -2.08. The van der Waals surface area contributed by atoms with E-state index >= 15 is 0 Å². The molecule has 0 aliphatic heterocycles. The first-order chi connectivity index (χ1) is 5.79. The molecule has 0 amide bonds. The van der Waals surface area contributed by atoms with Gasteiger partial charge in [-0.15, -0.1) is 0 Å². The Kier molecular flexibility index (Phi) is 3.81. The Bertz CT molecular complexity index is 204. The molecule has 12 heavy (non-hydrogen) atoms. The highest BCUT2D eigenvalue weighted by molar-refractivity contribution is 5.16. The molecule has 65 valence electrons. The van der Waals surface area contributed by atoms with Gasteiger partial charge in [0.15, 0.2) is 0 Å². The number of hydrogen-bond donors (Lipinski definition) is 0. The third-order valence-electron chi connectivity index (χ3n) is 1.72. The quantitative estimate of drug-likeness (QED) is 0.654. The Labute approximate surface area is 75.0 Å². The number of nitrogens with zero attached hydrogens (tertiary/aromatic N) is 1. The van der Waals surface area contributed by atoms with Crippen molar-refractivity contribution in [1.82, 2.24) is 4.90 Å². The molecule has 0 fully saturated rings. The van der Waals surface area contributed by atoms with E-state index in [-0.39, 0.29) is 0 Å². The minimum atomic E-state index is 1.05. The molecule has 0 saturated carbocycles. The molecule has 0 bridgehead atoms. The maximum atomic E-state index is 2.29. The zero-order chi connectivity index (χ0) is 8.81. The van der Waals surface area contributed by atoms with Gasteiger partial charge in [0.2, 0.25) is 0 Å². The van der Waals surface area contributed by atoms with Crippen molar-refractivity contribution in [2.24, 2.45) is 0 Å². The van der Waals surface area contributed by atoms with E-state index in [1.165, 1.54) is 5.56 Å². The summed E-state index contributed by atoms with van der Waals surface area (Å²) in [4.78, 5) is 2.17. The minimum absolute atomic E-state index is 1.05. The normalized spacial score (nSPS) is 10.6. The fraction of sp³-hybridized carbons (Fsp3) is 0.364. The average Bonchev–Trinajstić information content (AvgIpc) is 2.05. The van der Waals surface area contributed by atoms with Crippen molar-refractivity contribution in [3.63, 3.8) is 0 Å². The van der Waals surface area contributed by atoms with Gasteiger partial charge in [-0.3, -0.25) is 0 Å². The molecule has 0 spiro atoms. The zero-order valence-corrected chi connectivity index (χ0v) is 7.83. The van der Waals surface area contributed by atoms with Crippen LogP contribution in [0.1, 0.15) is 5.56 Å². The van der Waals surface area contributed by atoms with Crippen LogP contribution in [0.4, 0.5) is 0 Å². The number of rotatable bonds is 4. The lowest BCUT2D eigenvalue weighted by Crippen LogP contribution is -2.14. The van der Waals surface area contributed by atoms with E-state index in [0.717, 1.165) is 13.0 Å². The van der Waals surface area contributed by atoms with Crippen molar-refractivity contribution in [2.75, 3.05) is 20.6 Å². The van der Waals surface area contributed by atoms with Crippen LogP contribution >= 0.6 is 0 Å². The van der Waals surface area contributed by atoms with Crippen molar-refractivity contribution in [2.45, 2.75) is 6.42 Å². The van der Waals surface area contributed by atoms with Crippen molar-refractivity contribution in [3.05, 3.63) is 42.3 Å². The van der Waals surface area contributed by atoms with Gasteiger partial charge < -0.3 is 4.90 Å². The second-order valence-electron chi connectivity index (χ2n) is 3.24. The standard InChI is InChI=1S/C11H16N/c1-12(2)10-6-9-11-7-4-3-5-8-11/h3-8H,9-10H2,1-2H3. The summed E-state index contributed by atoms with van der Waals surface area (Å²) in [6.45, 7) is 1.05. The van der Waals surface area contributed by atoms with Crippen LogP contribution in [0.5, 0.6) is 0 Å². The molecule has 1 radical (unpaired) electrons. The van der Waals surface area contributed by atoms with Gasteiger partial charge in [0.25, 0.3) is 0 Å². The first-order valence-electron chi connectivity index (χ1n) is 4.29. The molecule has 0 unspecified atom stereocenters. The highest BCUT2D eigenvalue weighted by atomic mass is 15.0.